The second-order valence-corrected chi connectivity index (χ2v) is 5.92. The molecule has 130 valence electrons. The molecule has 1 aromatic heterocycles. The molecule has 1 N–H and O–H groups in total. The molecule has 0 aliphatic carbocycles. The lowest BCUT2D eigenvalue weighted by Gasteiger charge is -2.24. The van der Waals surface area contributed by atoms with Gasteiger partial charge in [-0.25, -0.2) is 4.79 Å². The van der Waals surface area contributed by atoms with Crippen molar-refractivity contribution >= 4 is 12.0 Å². The van der Waals surface area contributed by atoms with E-state index in [4.69, 9.17) is 4.74 Å². The van der Waals surface area contributed by atoms with E-state index in [1.165, 1.54) is 0 Å². The lowest BCUT2D eigenvalue weighted by Crippen LogP contribution is -2.40. The summed E-state index contributed by atoms with van der Waals surface area (Å²) >= 11 is 0. The highest BCUT2D eigenvalue weighted by Gasteiger charge is 2.30. The van der Waals surface area contributed by atoms with Crippen LogP contribution in [0.4, 0.5) is 4.79 Å². The smallest absolute Gasteiger partial charge is 0.407 e. The third-order valence-corrected chi connectivity index (χ3v) is 4.20. The first-order valence-electron chi connectivity index (χ1n) is 8.39. The Morgan fingerprint density at radius 1 is 1.16 bits per heavy atom. The number of likely N-dealkylation sites (tertiary alicyclic amines) is 1. The van der Waals surface area contributed by atoms with Crippen molar-refractivity contribution < 1.29 is 14.3 Å². The zero-order valence-corrected chi connectivity index (χ0v) is 13.9. The molecule has 2 aromatic rings. The van der Waals surface area contributed by atoms with E-state index in [9.17, 15) is 9.59 Å². The molecule has 3 rings (SSSR count). The van der Waals surface area contributed by atoms with Gasteiger partial charge >= 0.3 is 6.09 Å². The Balaban J connectivity index is 1.47. The summed E-state index contributed by atoms with van der Waals surface area (Å²) in [5, 5.41) is 2.53. The van der Waals surface area contributed by atoms with Crippen LogP contribution in [0.5, 0.6) is 0 Å². The summed E-state index contributed by atoms with van der Waals surface area (Å²) in [5.74, 6) is -0.121. The van der Waals surface area contributed by atoms with Gasteiger partial charge in [0.2, 0.25) is 5.91 Å². The van der Waals surface area contributed by atoms with Crippen molar-refractivity contribution in [3.63, 3.8) is 0 Å². The second kappa shape index (κ2) is 8.28. The van der Waals surface area contributed by atoms with Crippen molar-refractivity contribution in [2.45, 2.75) is 25.5 Å². The third-order valence-electron chi connectivity index (χ3n) is 4.20. The predicted molar refractivity (Wildman–Crippen MR) is 92.6 cm³/mol. The van der Waals surface area contributed by atoms with E-state index in [0.717, 1.165) is 24.1 Å². The van der Waals surface area contributed by atoms with Crippen molar-refractivity contribution in [2.24, 2.45) is 0 Å². The van der Waals surface area contributed by atoms with Crippen LogP contribution in [0.2, 0.25) is 0 Å². The topological polar surface area (TPSA) is 71.5 Å². The first-order chi connectivity index (χ1) is 12.2. The normalized spacial score (nSPS) is 16.5. The van der Waals surface area contributed by atoms with E-state index in [1.54, 1.807) is 11.1 Å². The summed E-state index contributed by atoms with van der Waals surface area (Å²) in [5.41, 5.74) is 1.79. The van der Waals surface area contributed by atoms with E-state index < -0.39 is 6.09 Å². The van der Waals surface area contributed by atoms with Crippen LogP contribution in [0.3, 0.4) is 0 Å². The lowest BCUT2D eigenvalue weighted by atomic mass is 10.1. The number of alkyl carbamates (subject to hydrolysis) is 1. The van der Waals surface area contributed by atoms with E-state index in [0.29, 0.717) is 6.54 Å². The van der Waals surface area contributed by atoms with Gasteiger partial charge in [-0.1, -0.05) is 36.4 Å². The van der Waals surface area contributed by atoms with Gasteiger partial charge in [-0.2, -0.15) is 0 Å². The number of benzene rings is 1. The molecule has 0 spiro atoms. The van der Waals surface area contributed by atoms with Gasteiger partial charge < -0.3 is 15.0 Å². The van der Waals surface area contributed by atoms with Crippen LogP contribution in [0, 0.1) is 0 Å². The molecule has 2 amide bonds. The Morgan fingerprint density at radius 3 is 2.72 bits per heavy atom. The molecule has 6 nitrogen and oxygen atoms in total. The zero-order chi connectivity index (χ0) is 17.5. The maximum absolute atomic E-state index is 12.4. The van der Waals surface area contributed by atoms with Crippen LogP contribution in [0.15, 0.2) is 54.7 Å². The Bertz CT molecular complexity index is 706. The maximum Gasteiger partial charge on any atom is 0.407 e. The number of hydrogen-bond donors (Lipinski definition) is 1. The zero-order valence-electron chi connectivity index (χ0n) is 13.9. The average molecular weight is 339 g/mol. The van der Waals surface area contributed by atoms with E-state index >= 15 is 0 Å². The highest BCUT2D eigenvalue weighted by atomic mass is 16.5. The summed E-state index contributed by atoms with van der Waals surface area (Å²) in [7, 11) is 0. The molecule has 1 aliphatic heterocycles. The van der Waals surface area contributed by atoms with Crippen molar-refractivity contribution in [2.75, 3.05) is 13.1 Å². The number of ether oxygens (including phenoxy) is 1. The molecule has 1 saturated heterocycles. The van der Waals surface area contributed by atoms with Gasteiger partial charge in [0, 0.05) is 12.7 Å². The number of pyridine rings is 1. The van der Waals surface area contributed by atoms with Crippen LogP contribution in [0.25, 0.3) is 0 Å². The maximum atomic E-state index is 12.4. The van der Waals surface area contributed by atoms with E-state index in [-0.39, 0.29) is 25.1 Å². The van der Waals surface area contributed by atoms with E-state index in [2.05, 4.69) is 10.3 Å². The van der Waals surface area contributed by atoms with Crippen molar-refractivity contribution in [3.05, 3.63) is 66.0 Å². The number of rotatable bonds is 5. The Labute approximate surface area is 146 Å². The van der Waals surface area contributed by atoms with E-state index in [1.807, 2.05) is 48.5 Å². The van der Waals surface area contributed by atoms with Crippen molar-refractivity contribution in [1.29, 1.82) is 0 Å². The number of aromatic nitrogens is 1. The molecule has 0 radical (unpaired) electrons. The fraction of sp³-hybridized carbons (Fsp3) is 0.316. The highest BCUT2D eigenvalue weighted by molar-refractivity contribution is 5.82. The lowest BCUT2D eigenvalue weighted by molar-refractivity contribution is -0.131. The van der Waals surface area contributed by atoms with Crippen LogP contribution in [-0.2, 0) is 16.1 Å². The van der Waals surface area contributed by atoms with Crippen molar-refractivity contribution in [1.82, 2.24) is 15.2 Å². The Kier molecular flexibility index (Phi) is 5.61. The molecular formula is C19H21N3O3. The number of nitrogens with one attached hydrogen (secondary N) is 1. The Hall–Kier alpha value is -2.89. The minimum atomic E-state index is -0.592. The highest BCUT2D eigenvalue weighted by Crippen LogP contribution is 2.30. The molecule has 0 unspecified atom stereocenters. The van der Waals surface area contributed by atoms with Crippen LogP contribution >= 0.6 is 0 Å². The van der Waals surface area contributed by atoms with Crippen molar-refractivity contribution in [3.8, 4) is 0 Å². The van der Waals surface area contributed by atoms with Crippen LogP contribution < -0.4 is 5.32 Å². The third kappa shape index (κ3) is 4.56. The molecule has 1 fully saturated rings. The summed E-state index contributed by atoms with van der Waals surface area (Å²) in [4.78, 5) is 30.3. The first-order valence-corrected chi connectivity index (χ1v) is 8.39. The summed E-state index contributed by atoms with van der Waals surface area (Å²) in [6, 6.07) is 15.1. The van der Waals surface area contributed by atoms with Gasteiger partial charge in [0.05, 0.1) is 11.7 Å². The fourth-order valence-electron chi connectivity index (χ4n) is 2.97. The van der Waals surface area contributed by atoms with Gasteiger partial charge in [0.15, 0.2) is 0 Å². The molecular weight excluding hydrogens is 318 g/mol. The number of nitrogens with zero attached hydrogens (tertiary/aromatic N) is 2. The number of hydrogen-bond acceptors (Lipinski definition) is 4. The molecule has 1 atom stereocenters. The molecule has 1 aromatic carbocycles. The largest absolute Gasteiger partial charge is 0.445 e. The van der Waals surface area contributed by atoms with Gasteiger partial charge in [0.1, 0.15) is 13.2 Å². The SMILES string of the molecule is O=C(NCC(=O)N1CCC[C@H]1c1ccccn1)OCc1ccccc1. The van der Waals surface area contributed by atoms with Gasteiger partial charge in [-0.3, -0.25) is 9.78 Å². The Morgan fingerprint density at radius 2 is 1.96 bits per heavy atom. The quantitative estimate of drug-likeness (QED) is 0.909. The predicted octanol–water partition coefficient (Wildman–Crippen LogP) is 2.67. The van der Waals surface area contributed by atoms with Crippen LogP contribution in [0.1, 0.15) is 30.1 Å². The molecule has 25 heavy (non-hydrogen) atoms. The fourth-order valence-corrected chi connectivity index (χ4v) is 2.97. The summed E-state index contributed by atoms with van der Waals surface area (Å²) in [6.45, 7) is 0.791. The summed E-state index contributed by atoms with van der Waals surface area (Å²) < 4.78 is 5.12. The molecule has 1 aliphatic rings. The number of carbonyl (C=O) groups excluding carboxylic acids is 2. The molecule has 0 saturated carbocycles. The number of carbonyl (C=O) groups is 2. The number of amides is 2. The summed E-state index contributed by atoms with van der Waals surface area (Å²) in [6.07, 6.45) is 2.97. The monoisotopic (exact) mass is 339 g/mol. The minimum Gasteiger partial charge on any atom is -0.445 e. The van der Waals surface area contributed by atoms with Gasteiger partial charge in [-0.05, 0) is 30.5 Å². The van der Waals surface area contributed by atoms with Gasteiger partial charge in [0.25, 0.3) is 0 Å². The molecule has 0 bridgehead atoms. The molecule has 2 heterocycles. The standard InChI is InChI=1S/C19H21N3O3/c23-18(13-21-19(24)25-14-15-7-2-1-3-8-15)22-12-6-10-17(22)16-9-4-5-11-20-16/h1-5,7-9,11,17H,6,10,12-14H2,(H,21,24)/t17-/m0/s1. The second-order valence-electron chi connectivity index (χ2n) is 5.92. The minimum absolute atomic E-state index is 0.0177. The average Bonchev–Trinajstić information content (AvgIpc) is 3.16. The molecule has 6 heteroatoms. The first kappa shape index (κ1) is 17.0. The van der Waals surface area contributed by atoms with Gasteiger partial charge in [-0.15, -0.1) is 0 Å². The van der Waals surface area contributed by atoms with Crippen LogP contribution in [-0.4, -0.2) is 35.0 Å².